The van der Waals surface area contributed by atoms with E-state index in [1.54, 1.807) is 0 Å². The number of quaternary nitrogens is 1. The third-order valence-corrected chi connectivity index (χ3v) is 7.39. The van der Waals surface area contributed by atoms with Gasteiger partial charge in [0.05, 0.1) is 26.2 Å². The first-order valence-corrected chi connectivity index (χ1v) is 14.7. The number of unbranched alkanes of at least 4 members (excludes halogenated alkanes) is 9. The van der Waals surface area contributed by atoms with Gasteiger partial charge in [-0.3, -0.25) is 4.55 Å². The van der Waals surface area contributed by atoms with Crippen LogP contribution in [0.3, 0.4) is 0 Å². The van der Waals surface area contributed by atoms with E-state index in [0.717, 1.165) is 18.4 Å². The lowest BCUT2D eigenvalue weighted by atomic mass is 10.0. The van der Waals surface area contributed by atoms with Gasteiger partial charge < -0.3 is 4.48 Å². The second-order valence-corrected chi connectivity index (χ2v) is 10.0. The van der Waals surface area contributed by atoms with Gasteiger partial charge in [-0.1, -0.05) is 101 Å². The van der Waals surface area contributed by atoms with Crippen LogP contribution >= 0.6 is 0 Å². The fourth-order valence-corrected chi connectivity index (χ4v) is 4.74. The van der Waals surface area contributed by atoms with Crippen molar-refractivity contribution in [2.24, 2.45) is 0 Å². The van der Waals surface area contributed by atoms with Crippen LogP contribution in [0.4, 0.5) is 0 Å². The predicted octanol–water partition coefficient (Wildman–Crippen LogP) is 7.74. The van der Waals surface area contributed by atoms with Crippen LogP contribution in [0, 0.1) is 0 Å². The Balaban J connectivity index is 0.000000960. The highest BCUT2D eigenvalue weighted by atomic mass is 32.3. The van der Waals surface area contributed by atoms with Crippen molar-refractivity contribution in [1.82, 2.24) is 0 Å². The minimum atomic E-state index is -4.43. The normalized spacial score (nSPS) is 12.8. The first-order valence-electron chi connectivity index (χ1n) is 13.3. The van der Waals surface area contributed by atoms with Gasteiger partial charge in [0.1, 0.15) is 6.10 Å². The van der Waals surface area contributed by atoms with E-state index < -0.39 is 16.5 Å². The van der Waals surface area contributed by atoms with Crippen molar-refractivity contribution >= 4 is 10.4 Å². The van der Waals surface area contributed by atoms with E-state index in [1.165, 1.54) is 82.0 Å². The average Bonchev–Trinajstić information content (AvgIpc) is 2.81. The lowest BCUT2D eigenvalue weighted by molar-refractivity contribution is -0.921. The highest BCUT2D eigenvalue weighted by Crippen LogP contribution is 2.25. The summed E-state index contributed by atoms with van der Waals surface area (Å²) >= 11 is 0. The Morgan fingerprint density at radius 1 is 0.727 bits per heavy atom. The van der Waals surface area contributed by atoms with E-state index in [4.69, 9.17) is 8.74 Å². The fourth-order valence-electron chi connectivity index (χ4n) is 4.24. The summed E-state index contributed by atoms with van der Waals surface area (Å²) in [5, 5.41) is 0. The summed E-state index contributed by atoms with van der Waals surface area (Å²) in [6.45, 7) is 16.5. The molecule has 0 aliphatic rings. The Bertz CT molecular complexity index is 642. The number of rotatable bonds is 18. The quantitative estimate of drug-likeness (QED) is 0.131. The molecule has 33 heavy (non-hydrogen) atoms. The summed E-state index contributed by atoms with van der Waals surface area (Å²) in [6.07, 6.45) is 12.3. The Morgan fingerprint density at radius 3 is 1.52 bits per heavy atom. The van der Waals surface area contributed by atoms with E-state index >= 15 is 0 Å². The van der Waals surface area contributed by atoms with Gasteiger partial charge in [0.2, 0.25) is 0 Å². The van der Waals surface area contributed by atoms with Gasteiger partial charge in [0, 0.05) is 0 Å². The van der Waals surface area contributed by atoms with Crippen molar-refractivity contribution in [3.63, 3.8) is 0 Å². The molecule has 0 spiro atoms. The standard InChI is InChI=1S/C19H32O4S.C8H20N/c1-2-3-4-5-6-7-8-9-10-14-17-19(23-24(20,21)22)18-15-12-11-13-16-18;1-5-9(6-2,7-3)8-4/h11-13,15-16,19H,2-10,14,17H2,1H3,(H,20,21,22);5-8H2,1-4H3/q;+1. The van der Waals surface area contributed by atoms with E-state index in [9.17, 15) is 8.42 Å². The molecule has 1 rings (SSSR count). The van der Waals surface area contributed by atoms with Crippen LogP contribution in [0.1, 0.15) is 117 Å². The monoisotopic (exact) mass is 486 g/mol. The largest absolute Gasteiger partial charge is 0.397 e. The topological polar surface area (TPSA) is 63.6 Å². The lowest BCUT2D eigenvalue weighted by Gasteiger charge is -2.34. The first-order chi connectivity index (χ1) is 15.8. The van der Waals surface area contributed by atoms with Gasteiger partial charge in [-0.15, -0.1) is 0 Å². The molecule has 194 valence electrons. The number of hydrogen-bond acceptors (Lipinski definition) is 3. The van der Waals surface area contributed by atoms with Crippen molar-refractivity contribution in [1.29, 1.82) is 0 Å². The summed E-state index contributed by atoms with van der Waals surface area (Å²) in [6, 6.07) is 9.20. The van der Waals surface area contributed by atoms with Gasteiger partial charge in [-0.2, -0.15) is 8.42 Å². The maximum Gasteiger partial charge on any atom is 0.397 e. The summed E-state index contributed by atoms with van der Waals surface area (Å²) in [5.74, 6) is 0. The van der Waals surface area contributed by atoms with Gasteiger partial charge in [-0.05, 0) is 39.7 Å². The van der Waals surface area contributed by atoms with Crippen molar-refractivity contribution < 1.29 is 21.6 Å². The minimum absolute atomic E-state index is 0.598. The highest BCUT2D eigenvalue weighted by molar-refractivity contribution is 7.80. The van der Waals surface area contributed by atoms with Gasteiger partial charge in [0.15, 0.2) is 0 Å². The third-order valence-electron chi connectivity index (χ3n) is 6.91. The first kappa shape index (κ1) is 32.0. The maximum atomic E-state index is 11.0. The molecule has 0 bridgehead atoms. The zero-order valence-corrected chi connectivity index (χ0v) is 22.9. The molecule has 0 saturated heterocycles. The Labute approximate surface area is 205 Å². The average molecular weight is 487 g/mol. The molecule has 0 aliphatic carbocycles. The second-order valence-electron chi connectivity index (χ2n) is 9.00. The van der Waals surface area contributed by atoms with Crippen LogP contribution in [0.5, 0.6) is 0 Å². The third kappa shape index (κ3) is 16.3. The Hall–Kier alpha value is -0.950. The lowest BCUT2D eigenvalue weighted by Crippen LogP contribution is -2.47. The minimum Gasteiger partial charge on any atom is -0.325 e. The molecule has 0 heterocycles. The molecule has 1 unspecified atom stereocenters. The molecule has 5 nitrogen and oxygen atoms in total. The van der Waals surface area contributed by atoms with Crippen molar-refractivity contribution in [2.45, 2.75) is 111 Å². The van der Waals surface area contributed by atoms with Crippen LogP contribution < -0.4 is 0 Å². The molecule has 0 amide bonds. The molecule has 0 aromatic heterocycles. The van der Waals surface area contributed by atoms with Crippen LogP contribution in [0.2, 0.25) is 0 Å². The molecule has 1 atom stereocenters. The van der Waals surface area contributed by atoms with Gasteiger partial charge in [0.25, 0.3) is 0 Å². The number of nitrogens with zero attached hydrogens (tertiary/aromatic N) is 1. The van der Waals surface area contributed by atoms with Crippen LogP contribution in [0.25, 0.3) is 0 Å². The van der Waals surface area contributed by atoms with Gasteiger partial charge >= 0.3 is 10.4 Å². The number of benzene rings is 1. The van der Waals surface area contributed by atoms with E-state index in [-0.39, 0.29) is 0 Å². The van der Waals surface area contributed by atoms with E-state index in [1.807, 2.05) is 30.3 Å². The molecular formula is C27H52NO4S+. The molecule has 0 radical (unpaired) electrons. The molecule has 1 aromatic rings. The highest BCUT2D eigenvalue weighted by Gasteiger charge is 2.18. The zero-order valence-electron chi connectivity index (χ0n) is 22.1. The van der Waals surface area contributed by atoms with Crippen LogP contribution in [-0.4, -0.2) is 43.6 Å². The molecule has 0 fully saturated rings. The second kappa shape index (κ2) is 19.4. The van der Waals surface area contributed by atoms with Crippen molar-refractivity contribution in [3.05, 3.63) is 35.9 Å². The Kier molecular flexibility index (Phi) is 18.8. The molecule has 0 aliphatic heterocycles. The predicted molar refractivity (Wildman–Crippen MR) is 141 cm³/mol. The zero-order chi connectivity index (χ0) is 25.0. The van der Waals surface area contributed by atoms with Crippen LogP contribution in [0.15, 0.2) is 30.3 Å². The SMILES string of the molecule is CCCCCCCCCCCCC(OS(=O)(=O)O)c1ccccc1.CC[N+](CC)(CC)CC. The molecular weight excluding hydrogens is 434 g/mol. The van der Waals surface area contributed by atoms with E-state index in [2.05, 4.69) is 34.6 Å². The fraction of sp³-hybridized carbons (Fsp3) is 0.778. The van der Waals surface area contributed by atoms with Crippen molar-refractivity contribution in [2.75, 3.05) is 26.2 Å². The van der Waals surface area contributed by atoms with E-state index in [0.29, 0.717) is 6.42 Å². The summed E-state index contributed by atoms with van der Waals surface area (Å²) in [7, 11) is -4.43. The number of hydrogen-bond donors (Lipinski definition) is 1. The summed E-state index contributed by atoms with van der Waals surface area (Å²) < 4.78 is 37.1. The smallest absolute Gasteiger partial charge is 0.325 e. The maximum absolute atomic E-state index is 11.0. The van der Waals surface area contributed by atoms with Crippen molar-refractivity contribution in [3.8, 4) is 0 Å². The summed E-state index contributed by atoms with van der Waals surface area (Å²) in [4.78, 5) is 0. The molecule has 1 aromatic carbocycles. The molecule has 0 saturated carbocycles. The molecule has 6 heteroatoms. The van der Waals surface area contributed by atoms with Crippen LogP contribution in [-0.2, 0) is 14.6 Å². The summed E-state index contributed by atoms with van der Waals surface area (Å²) in [5.41, 5.74) is 0.783. The molecule has 1 N–H and O–H groups in total. The van der Waals surface area contributed by atoms with Gasteiger partial charge in [-0.25, -0.2) is 4.18 Å². The Morgan fingerprint density at radius 2 is 1.15 bits per heavy atom.